The van der Waals surface area contributed by atoms with E-state index in [-0.39, 0.29) is 6.08 Å². The van der Waals surface area contributed by atoms with Gasteiger partial charge < -0.3 is 9.47 Å². The van der Waals surface area contributed by atoms with Crippen LogP contribution < -0.4 is 0 Å². The highest BCUT2D eigenvalue weighted by Crippen LogP contribution is 2.40. The fraction of sp³-hybridized carbons (Fsp3) is 0.133. The normalized spacial score (nSPS) is 23.0. The van der Waals surface area contributed by atoms with Gasteiger partial charge in [-0.05, 0) is 11.1 Å². The highest BCUT2D eigenvalue weighted by atomic mass is 35.7. The second-order valence-corrected chi connectivity index (χ2v) is 6.84. The van der Waals surface area contributed by atoms with Crippen LogP contribution in [0.3, 0.4) is 0 Å². The lowest BCUT2D eigenvalue weighted by molar-refractivity contribution is 0.159. The summed E-state index contributed by atoms with van der Waals surface area (Å²) < 4.78 is 36.6. The van der Waals surface area contributed by atoms with Gasteiger partial charge in [-0.2, -0.15) is 8.42 Å². The first-order valence-electron chi connectivity index (χ1n) is 6.51. The summed E-state index contributed by atoms with van der Waals surface area (Å²) in [7, 11) is 1.02. The van der Waals surface area contributed by atoms with Crippen LogP contribution in [0.4, 0.5) is 0 Å². The highest BCUT2D eigenvalue weighted by Gasteiger charge is 2.38. The molecule has 1 heterocycles. The van der Waals surface area contributed by atoms with Gasteiger partial charge in [0.25, 0.3) is 0 Å². The molecule has 2 aromatic carbocycles. The minimum absolute atomic E-state index is 0.349. The van der Waals surface area contributed by atoms with Crippen LogP contribution in [0.2, 0.25) is 0 Å². The first-order valence-corrected chi connectivity index (χ1v) is 8.77. The zero-order valence-electron chi connectivity index (χ0n) is 11.3. The maximum absolute atomic E-state index is 11.1. The molecule has 5 nitrogen and oxygen atoms in total. The number of nitrogens with zero attached hydrogens (tertiary/aromatic N) is 1. The van der Waals surface area contributed by atoms with E-state index >= 15 is 0 Å². The van der Waals surface area contributed by atoms with E-state index in [1.54, 1.807) is 0 Å². The maximum Gasteiger partial charge on any atom is 0.402 e. The Morgan fingerprint density at radius 2 is 1.23 bits per heavy atom. The molecule has 0 N–H and O–H groups in total. The summed E-state index contributed by atoms with van der Waals surface area (Å²) >= 11 is 0. The van der Waals surface area contributed by atoms with Gasteiger partial charge in [0, 0.05) is 10.7 Å². The standard InChI is InChI=1S/C15H12ClNO4S/c16-22(18,19)17-15-20-13(11-7-3-1-4-8-11)14(21-15)12-9-5-2-6-10-12/h1-10,13-14H/t13-,14+. The van der Waals surface area contributed by atoms with E-state index in [1.807, 2.05) is 60.7 Å². The first kappa shape index (κ1) is 14.9. The number of hydrogen-bond donors (Lipinski definition) is 0. The van der Waals surface area contributed by atoms with Crippen LogP contribution in [0.1, 0.15) is 23.3 Å². The monoisotopic (exact) mass is 337 g/mol. The molecule has 0 bridgehead atoms. The predicted octanol–water partition coefficient (Wildman–Crippen LogP) is 3.36. The van der Waals surface area contributed by atoms with Crippen molar-refractivity contribution in [3.05, 3.63) is 71.8 Å². The lowest BCUT2D eigenvalue weighted by Gasteiger charge is -2.16. The molecule has 1 saturated heterocycles. The first-order chi connectivity index (χ1) is 10.5. The van der Waals surface area contributed by atoms with Crippen LogP contribution in [0.25, 0.3) is 0 Å². The van der Waals surface area contributed by atoms with Crippen LogP contribution in [-0.2, 0) is 18.7 Å². The van der Waals surface area contributed by atoms with Gasteiger partial charge in [-0.25, -0.2) is 0 Å². The number of benzene rings is 2. The molecule has 0 radical (unpaired) electrons. The van der Waals surface area contributed by atoms with Crippen molar-refractivity contribution >= 4 is 26.0 Å². The van der Waals surface area contributed by atoms with E-state index in [1.165, 1.54) is 0 Å². The summed E-state index contributed by atoms with van der Waals surface area (Å²) in [5, 5.41) is 0. The Kier molecular flexibility index (Phi) is 4.04. The summed E-state index contributed by atoms with van der Waals surface area (Å²) in [4.78, 5) is 0. The Bertz CT molecular complexity index is 728. The lowest BCUT2D eigenvalue weighted by atomic mass is 9.99. The third kappa shape index (κ3) is 3.40. The third-order valence-corrected chi connectivity index (χ3v) is 3.74. The van der Waals surface area contributed by atoms with Crippen molar-refractivity contribution in [2.75, 3.05) is 0 Å². The molecule has 2 atom stereocenters. The molecule has 1 aliphatic rings. The number of rotatable bonds is 3. The summed E-state index contributed by atoms with van der Waals surface area (Å²) in [6.45, 7) is 0. The molecule has 1 aliphatic heterocycles. The van der Waals surface area contributed by atoms with Crippen LogP contribution in [0.15, 0.2) is 65.1 Å². The van der Waals surface area contributed by atoms with Crippen LogP contribution in [0, 0.1) is 0 Å². The van der Waals surface area contributed by atoms with Gasteiger partial charge >= 0.3 is 15.3 Å². The Balaban J connectivity index is 1.99. The third-order valence-electron chi connectivity index (χ3n) is 3.17. The van der Waals surface area contributed by atoms with Crippen molar-refractivity contribution in [1.29, 1.82) is 0 Å². The molecule has 0 aromatic heterocycles. The molecule has 114 valence electrons. The molecule has 2 aromatic rings. The van der Waals surface area contributed by atoms with Gasteiger partial charge in [-0.15, -0.1) is 0 Å². The molecule has 22 heavy (non-hydrogen) atoms. The highest BCUT2D eigenvalue weighted by molar-refractivity contribution is 8.12. The summed E-state index contributed by atoms with van der Waals surface area (Å²) in [6.07, 6.45) is -1.35. The zero-order valence-corrected chi connectivity index (χ0v) is 12.9. The van der Waals surface area contributed by atoms with E-state index in [0.29, 0.717) is 0 Å². The molecule has 7 heteroatoms. The van der Waals surface area contributed by atoms with Gasteiger partial charge in [0.05, 0.1) is 0 Å². The van der Waals surface area contributed by atoms with E-state index in [0.717, 1.165) is 11.1 Å². The molecule has 3 rings (SSSR count). The Hall–Kier alpha value is -2.05. The van der Waals surface area contributed by atoms with Crippen molar-refractivity contribution in [3.63, 3.8) is 0 Å². The van der Waals surface area contributed by atoms with Crippen molar-refractivity contribution in [1.82, 2.24) is 0 Å². The van der Waals surface area contributed by atoms with Crippen molar-refractivity contribution in [3.8, 4) is 0 Å². The lowest BCUT2D eigenvalue weighted by Crippen LogP contribution is -2.06. The van der Waals surface area contributed by atoms with Crippen LogP contribution in [-0.4, -0.2) is 14.5 Å². The molecular formula is C15H12ClNO4S. The summed E-state index contributed by atoms with van der Waals surface area (Å²) in [5.74, 6) is 0. The number of halogens is 1. The van der Waals surface area contributed by atoms with Crippen LogP contribution >= 0.6 is 10.7 Å². The molecule has 0 aliphatic carbocycles. The summed E-state index contributed by atoms with van der Waals surface area (Å²) in [6, 6.07) is 18.8. The van der Waals surface area contributed by atoms with E-state index in [9.17, 15) is 8.42 Å². The molecule has 0 spiro atoms. The second kappa shape index (κ2) is 5.98. The molecule has 1 fully saturated rings. The Morgan fingerprint density at radius 3 is 1.59 bits per heavy atom. The van der Waals surface area contributed by atoms with E-state index in [4.69, 9.17) is 20.2 Å². The van der Waals surface area contributed by atoms with Gasteiger partial charge in [0.2, 0.25) is 0 Å². The minimum Gasteiger partial charge on any atom is -0.437 e. The number of ether oxygens (including phenoxy) is 2. The smallest absolute Gasteiger partial charge is 0.402 e. The van der Waals surface area contributed by atoms with Crippen molar-refractivity contribution < 1.29 is 17.9 Å². The van der Waals surface area contributed by atoms with Gasteiger partial charge in [0.1, 0.15) is 0 Å². The topological polar surface area (TPSA) is 65.0 Å². The largest absolute Gasteiger partial charge is 0.437 e. The molecule has 0 unspecified atom stereocenters. The van der Waals surface area contributed by atoms with Gasteiger partial charge in [0.15, 0.2) is 12.2 Å². The van der Waals surface area contributed by atoms with Crippen molar-refractivity contribution in [2.45, 2.75) is 12.2 Å². The Labute approximate surface area is 132 Å². The quantitative estimate of drug-likeness (QED) is 0.806. The zero-order chi connectivity index (χ0) is 15.6. The molecule has 0 saturated carbocycles. The maximum atomic E-state index is 11.1. The number of hydrogen-bond acceptors (Lipinski definition) is 4. The van der Waals surface area contributed by atoms with Gasteiger partial charge in [-0.1, -0.05) is 65.1 Å². The van der Waals surface area contributed by atoms with E-state index in [2.05, 4.69) is 4.40 Å². The fourth-order valence-electron chi connectivity index (χ4n) is 2.27. The van der Waals surface area contributed by atoms with Gasteiger partial charge in [-0.3, -0.25) is 0 Å². The minimum atomic E-state index is -4.11. The van der Waals surface area contributed by atoms with Crippen molar-refractivity contribution in [2.24, 2.45) is 4.40 Å². The summed E-state index contributed by atoms with van der Waals surface area (Å²) in [5.41, 5.74) is 1.71. The average molecular weight is 338 g/mol. The SMILES string of the molecule is O=S(=O)(Cl)N=C1O[C@H](c2ccccc2)[C@H](c2ccccc2)O1. The van der Waals surface area contributed by atoms with E-state index < -0.39 is 21.4 Å². The fourth-order valence-corrected chi connectivity index (χ4v) is 2.70. The second-order valence-electron chi connectivity index (χ2n) is 4.67. The molecule has 0 amide bonds. The Morgan fingerprint density at radius 1 is 0.818 bits per heavy atom. The molecular weight excluding hydrogens is 326 g/mol. The average Bonchev–Trinajstić information content (AvgIpc) is 2.91. The van der Waals surface area contributed by atoms with Crippen LogP contribution in [0.5, 0.6) is 0 Å². The predicted molar refractivity (Wildman–Crippen MR) is 82.7 cm³/mol.